The molecule has 0 aliphatic carbocycles. The molecule has 14 heavy (non-hydrogen) atoms. The summed E-state index contributed by atoms with van der Waals surface area (Å²) in [6.45, 7) is 0. The Hall–Kier alpha value is -0.730. The average Bonchev–Trinajstić information content (AvgIpc) is 2.16. The average molecular weight is 281 g/mol. The minimum absolute atomic E-state index is 0.149. The van der Waals surface area contributed by atoms with Crippen LogP contribution < -0.4 is 0 Å². The van der Waals surface area contributed by atoms with E-state index in [4.69, 9.17) is 16.9 Å². The smallest absolute Gasteiger partial charge is 0.257 e. The van der Waals surface area contributed by atoms with Gasteiger partial charge in [0.15, 0.2) is 0 Å². The fourth-order valence-electron chi connectivity index (χ4n) is 0.983. The van der Waals surface area contributed by atoms with Gasteiger partial charge in [0.1, 0.15) is 6.07 Å². The number of nitriles is 1. The number of aromatic nitrogens is 1. The van der Waals surface area contributed by atoms with E-state index in [2.05, 4.69) is 20.9 Å². The van der Waals surface area contributed by atoms with Gasteiger partial charge in [-0.05, 0) is 0 Å². The van der Waals surface area contributed by atoms with Crippen LogP contribution in [0.3, 0.4) is 0 Å². The molecule has 0 saturated heterocycles. The molecule has 0 saturated carbocycles. The fourth-order valence-corrected chi connectivity index (χ4v) is 1.63. The van der Waals surface area contributed by atoms with Gasteiger partial charge in [0.25, 0.3) is 6.43 Å². The molecule has 0 aliphatic rings. The number of alkyl halides is 3. The molecule has 0 aliphatic heterocycles. The predicted octanol–water partition coefficient (Wildman–Crippen LogP) is 3.44. The molecule has 1 heterocycles. The third-order valence-electron chi connectivity index (χ3n) is 1.61. The van der Waals surface area contributed by atoms with Crippen LogP contribution in [0.4, 0.5) is 8.78 Å². The molecular weight excluding hydrogens is 277 g/mol. The van der Waals surface area contributed by atoms with Gasteiger partial charge in [0.2, 0.25) is 0 Å². The molecule has 1 rings (SSSR count). The molecule has 0 amide bonds. The van der Waals surface area contributed by atoms with E-state index in [1.165, 1.54) is 0 Å². The summed E-state index contributed by atoms with van der Waals surface area (Å²) >= 11 is 8.58. The first-order chi connectivity index (χ1) is 6.61. The van der Waals surface area contributed by atoms with Crippen LogP contribution in [-0.4, -0.2) is 4.98 Å². The molecule has 74 valence electrons. The van der Waals surface area contributed by atoms with Crippen LogP contribution in [0.25, 0.3) is 0 Å². The molecule has 0 spiro atoms. The van der Waals surface area contributed by atoms with Crippen LogP contribution in [0.5, 0.6) is 0 Å². The summed E-state index contributed by atoms with van der Waals surface area (Å²) in [5.41, 5.74) is -0.324. The van der Waals surface area contributed by atoms with Crippen molar-refractivity contribution < 1.29 is 8.78 Å². The Morgan fingerprint density at radius 2 is 2.29 bits per heavy atom. The van der Waals surface area contributed by atoms with Gasteiger partial charge in [0, 0.05) is 11.5 Å². The predicted molar refractivity (Wildman–Crippen MR) is 51.6 cm³/mol. The third-order valence-corrected chi connectivity index (χ3v) is 2.44. The van der Waals surface area contributed by atoms with Crippen molar-refractivity contribution in [3.8, 4) is 6.07 Å². The third kappa shape index (κ3) is 2.02. The Bertz CT molecular complexity index is 390. The Kier molecular flexibility index (Phi) is 3.78. The van der Waals surface area contributed by atoms with Gasteiger partial charge in [-0.25, -0.2) is 8.78 Å². The summed E-state index contributed by atoms with van der Waals surface area (Å²) in [6, 6.07) is 1.68. The first-order valence-corrected chi connectivity index (χ1v) is 5.03. The van der Waals surface area contributed by atoms with E-state index in [1.807, 2.05) is 0 Å². The fraction of sp³-hybridized carbons (Fsp3) is 0.250. The van der Waals surface area contributed by atoms with Gasteiger partial charge < -0.3 is 0 Å². The molecule has 0 unspecified atom stereocenters. The van der Waals surface area contributed by atoms with Gasteiger partial charge in [-0.2, -0.15) is 5.26 Å². The molecule has 0 bridgehead atoms. The molecule has 0 N–H and O–H groups in total. The van der Waals surface area contributed by atoms with Gasteiger partial charge in [-0.1, -0.05) is 27.5 Å². The van der Waals surface area contributed by atoms with Crippen LogP contribution in [-0.2, 0) is 5.33 Å². The van der Waals surface area contributed by atoms with E-state index in [-0.39, 0.29) is 21.6 Å². The first-order valence-electron chi connectivity index (χ1n) is 3.53. The van der Waals surface area contributed by atoms with Crippen molar-refractivity contribution in [1.29, 1.82) is 5.26 Å². The lowest BCUT2D eigenvalue weighted by Crippen LogP contribution is -1.99. The van der Waals surface area contributed by atoms with Gasteiger partial charge >= 0.3 is 0 Å². The first kappa shape index (κ1) is 11.3. The minimum Gasteiger partial charge on any atom is -0.257 e. The van der Waals surface area contributed by atoms with Crippen molar-refractivity contribution in [3.05, 3.63) is 28.0 Å². The number of hydrogen-bond acceptors (Lipinski definition) is 2. The van der Waals surface area contributed by atoms with E-state index in [0.29, 0.717) is 0 Å². The number of hydrogen-bond donors (Lipinski definition) is 0. The normalized spacial score (nSPS) is 10.3. The summed E-state index contributed by atoms with van der Waals surface area (Å²) in [5.74, 6) is 0. The maximum atomic E-state index is 12.5. The van der Waals surface area contributed by atoms with E-state index in [0.717, 1.165) is 6.20 Å². The van der Waals surface area contributed by atoms with Crippen molar-refractivity contribution in [2.75, 3.05) is 0 Å². The second-order valence-corrected chi connectivity index (χ2v) is 3.36. The molecule has 1 aromatic heterocycles. The molecular formula is C8H4BrClF2N2. The van der Waals surface area contributed by atoms with Crippen molar-refractivity contribution in [2.24, 2.45) is 0 Å². The van der Waals surface area contributed by atoms with E-state index in [1.54, 1.807) is 6.07 Å². The van der Waals surface area contributed by atoms with Crippen LogP contribution >= 0.6 is 27.5 Å². The van der Waals surface area contributed by atoms with Gasteiger partial charge in [-0.3, -0.25) is 4.98 Å². The van der Waals surface area contributed by atoms with Gasteiger partial charge in [-0.15, -0.1) is 0 Å². The largest absolute Gasteiger partial charge is 0.266 e. The summed E-state index contributed by atoms with van der Waals surface area (Å²) in [7, 11) is 0. The highest BCUT2D eigenvalue weighted by atomic mass is 79.9. The SMILES string of the molecule is N#Cc1c(CBr)ncc(Cl)c1C(F)F. The highest BCUT2D eigenvalue weighted by molar-refractivity contribution is 9.08. The van der Waals surface area contributed by atoms with Crippen LogP contribution in [0.1, 0.15) is 23.2 Å². The summed E-state index contributed by atoms with van der Waals surface area (Å²) in [6.07, 6.45) is -1.64. The second kappa shape index (κ2) is 4.67. The number of pyridine rings is 1. The highest BCUT2D eigenvalue weighted by Gasteiger charge is 2.20. The molecule has 2 nitrogen and oxygen atoms in total. The minimum atomic E-state index is -2.77. The zero-order valence-electron chi connectivity index (χ0n) is 6.77. The lowest BCUT2D eigenvalue weighted by Gasteiger charge is -2.07. The van der Waals surface area contributed by atoms with Crippen molar-refractivity contribution in [3.63, 3.8) is 0 Å². The summed E-state index contributed by atoms with van der Waals surface area (Å²) < 4.78 is 25.0. The van der Waals surface area contributed by atoms with Crippen molar-refractivity contribution in [2.45, 2.75) is 11.8 Å². The zero-order valence-corrected chi connectivity index (χ0v) is 9.11. The molecule has 1 aromatic rings. The number of rotatable bonds is 2. The monoisotopic (exact) mass is 280 g/mol. The molecule has 0 aromatic carbocycles. The number of halogens is 4. The lowest BCUT2D eigenvalue weighted by molar-refractivity contribution is 0.151. The highest BCUT2D eigenvalue weighted by Crippen LogP contribution is 2.31. The maximum absolute atomic E-state index is 12.5. The zero-order chi connectivity index (χ0) is 10.7. The second-order valence-electron chi connectivity index (χ2n) is 2.39. The molecule has 0 atom stereocenters. The standard InChI is InChI=1S/C8H4BrClF2N2/c9-1-6-4(2-13)7(8(11)12)5(10)3-14-6/h3,8H,1H2. The molecule has 6 heteroatoms. The summed E-state index contributed by atoms with van der Waals surface area (Å²) in [4.78, 5) is 3.78. The molecule has 0 fully saturated rings. The maximum Gasteiger partial charge on any atom is 0.266 e. The van der Waals surface area contributed by atoms with Crippen molar-refractivity contribution >= 4 is 27.5 Å². The Balaban J connectivity index is 3.45. The molecule has 0 radical (unpaired) electrons. The quantitative estimate of drug-likeness (QED) is 0.779. The van der Waals surface area contributed by atoms with Crippen LogP contribution in [0.2, 0.25) is 5.02 Å². The number of nitrogens with zero attached hydrogens (tertiary/aromatic N) is 2. The summed E-state index contributed by atoms with van der Waals surface area (Å²) in [5, 5.41) is 8.76. The van der Waals surface area contributed by atoms with E-state index >= 15 is 0 Å². The van der Waals surface area contributed by atoms with E-state index in [9.17, 15) is 8.78 Å². The Labute approximate surface area is 92.6 Å². The Morgan fingerprint density at radius 1 is 1.64 bits per heavy atom. The van der Waals surface area contributed by atoms with E-state index < -0.39 is 12.0 Å². The van der Waals surface area contributed by atoms with Crippen molar-refractivity contribution in [1.82, 2.24) is 4.98 Å². The van der Waals surface area contributed by atoms with Crippen LogP contribution in [0, 0.1) is 11.3 Å². The van der Waals surface area contributed by atoms with Crippen LogP contribution in [0.15, 0.2) is 6.20 Å². The topological polar surface area (TPSA) is 36.7 Å². The Morgan fingerprint density at radius 3 is 2.71 bits per heavy atom. The van der Waals surface area contributed by atoms with Gasteiger partial charge in [0.05, 0.1) is 21.8 Å². The lowest BCUT2D eigenvalue weighted by atomic mass is 10.1.